The summed E-state index contributed by atoms with van der Waals surface area (Å²) in [7, 11) is 0. The molecule has 0 radical (unpaired) electrons. The summed E-state index contributed by atoms with van der Waals surface area (Å²) in [6, 6.07) is 7.66. The Morgan fingerprint density at radius 2 is 1.92 bits per heavy atom. The zero-order valence-corrected chi connectivity index (χ0v) is 17.9. The first-order valence-corrected chi connectivity index (χ1v) is 8.69. The largest absolute Gasteiger partial charge is 0.370 e. The van der Waals surface area contributed by atoms with E-state index in [9.17, 15) is 9.59 Å². The fourth-order valence-electron chi connectivity index (χ4n) is 2.63. The van der Waals surface area contributed by atoms with Gasteiger partial charge in [0.15, 0.2) is 5.96 Å². The first-order valence-electron chi connectivity index (χ1n) is 8.69. The Kier molecular flexibility index (Phi) is 8.32. The summed E-state index contributed by atoms with van der Waals surface area (Å²) in [5.74, 6) is 0.144. The number of anilines is 1. The molecule has 0 saturated carbocycles. The van der Waals surface area contributed by atoms with E-state index in [-0.39, 0.29) is 35.9 Å². The molecule has 1 aromatic carbocycles. The van der Waals surface area contributed by atoms with Crippen LogP contribution < -0.4 is 16.4 Å². The fraction of sp³-hybridized carbons (Fsp3) is 0.500. The van der Waals surface area contributed by atoms with Crippen LogP contribution in [0.2, 0.25) is 0 Å². The summed E-state index contributed by atoms with van der Waals surface area (Å²) in [4.78, 5) is 29.7. The number of benzene rings is 1. The van der Waals surface area contributed by atoms with Crippen molar-refractivity contribution in [2.45, 2.75) is 45.6 Å². The summed E-state index contributed by atoms with van der Waals surface area (Å²) < 4.78 is 0. The van der Waals surface area contributed by atoms with Gasteiger partial charge in [-0.3, -0.25) is 14.7 Å². The number of hydrogen-bond donors (Lipinski definition) is 3. The predicted molar refractivity (Wildman–Crippen MR) is 115 cm³/mol. The zero-order valence-electron chi connectivity index (χ0n) is 15.5. The molecule has 1 heterocycles. The number of aryl methyl sites for hydroxylation is 1. The van der Waals surface area contributed by atoms with Crippen LogP contribution in [0.15, 0.2) is 29.3 Å². The number of guanidine groups is 1. The van der Waals surface area contributed by atoms with E-state index in [2.05, 4.69) is 22.5 Å². The molecule has 1 atom stereocenters. The molecule has 1 fully saturated rings. The number of halogens is 1. The maximum atomic E-state index is 12.3. The Bertz CT molecular complexity index is 662. The molecule has 0 bridgehead atoms. The van der Waals surface area contributed by atoms with Gasteiger partial charge in [0.25, 0.3) is 5.91 Å². The van der Waals surface area contributed by atoms with Crippen molar-refractivity contribution >= 4 is 47.6 Å². The van der Waals surface area contributed by atoms with Crippen molar-refractivity contribution in [3.63, 3.8) is 0 Å². The minimum atomic E-state index is -0.786. The summed E-state index contributed by atoms with van der Waals surface area (Å²) in [5, 5.41) is 5.77. The van der Waals surface area contributed by atoms with E-state index < -0.39 is 5.54 Å². The Morgan fingerprint density at radius 1 is 1.27 bits per heavy atom. The highest BCUT2D eigenvalue weighted by atomic mass is 127. The maximum absolute atomic E-state index is 12.3. The van der Waals surface area contributed by atoms with Gasteiger partial charge in [0.1, 0.15) is 5.54 Å². The molecule has 7 nitrogen and oxygen atoms in total. The lowest BCUT2D eigenvalue weighted by molar-refractivity contribution is -0.130. The lowest BCUT2D eigenvalue weighted by Crippen LogP contribution is -2.43. The number of nitrogens with two attached hydrogens (primary N) is 1. The number of rotatable bonds is 7. The molecule has 3 amide bonds. The lowest BCUT2D eigenvalue weighted by atomic mass is 9.99. The summed E-state index contributed by atoms with van der Waals surface area (Å²) in [6.07, 6.45) is 2.12. The minimum Gasteiger partial charge on any atom is -0.370 e. The molecule has 26 heavy (non-hydrogen) atoms. The normalized spacial score (nSPS) is 20.0. The van der Waals surface area contributed by atoms with Gasteiger partial charge in [-0.2, -0.15) is 0 Å². The van der Waals surface area contributed by atoms with Gasteiger partial charge in [0, 0.05) is 18.8 Å². The van der Waals surface area contributed by atoms with Crippen LogP contribution in [-0.4, -0.2) is 41.4 Å². The van der Waals surface area contributed by atoms with E-state index in [4.69, 9.17) is 5.73 Å². The second-order valence-electron chi connectivity index (χ2n) is 6.37. The van der Waals surface area contributed by atoms with E-state index in [1.165, 1.54) is 10.5 Å². The molecule has 4 N–H and O–H groups in total. The smallest absolute Gasteiger partial charge is 0.325 e. The molecule has 1 unspecified atom stereocenters. The van der Waals surface area contributed by atoms with Crippen molar-refractivity contribution in [3.8, 4) is 0 Å². The average molecular weight is 473 g/mol. The predicted octanol–water partition coefficient (Wildman–Crippen LogP) is 2.70. The molecule has 1 aromatic rings. The van der Waals surface area contributed by atoms with Crippen molar-refractivity contribution in [2.24, 2.45) is 10.7 Å². The number of imide groups is 1. The van der Waals surface area contributed by atoms with Crippen molar-refractivity contribution in [2.75, 3.05) is 18.4 Å². The van der Waals surface area contributed by atoms with E-state index in [0.29, 0.717) is 31.9 Å². The van der Waals surface area contributed by atoms with Gasteiger partial charge in [-0.15, -0.1) is 24.0 Å². The average Bonchev–Trinajstić information content (AvgIpc) is 2.82. The second-order valence-corrected chi connectivity index (χ2v) is 6.37. The third kappa shape index (κ3) is 5.33. The standard InChI is InChI=1S/C18H27N5O2.HI/c1-4-13-7-9-14(10-8-13)21-16(19)20-11-6-12-23-15(24)18(3,5-2)22-17(23)25;/h7-10H,4-6,11-12H2,1-3H3,(H,22,25)(H3,19,20,21);1H. The van der Waals surface area contributed by atoms with Crippen LogP contribution in [0.4, 0.5) is 10.5 Å². The Labute approximate surface area is 171 Å². The molecule has 1 saturated heterocycles. The third-order valence-electron chi connectivity index (χ3n) is 4.51. The lowest BCUT2D eigenvalue weighted by Gasteiger charge is -2.19. The molecule has 0 aromatic heterocycles. The molecule has 1 aliphatic rings. The number of nitrogens with one attached hydrogen (secondary N) is 2. The van der Waals surface area contributed by atoms with E-state index in [1.54, 1.807) is 6.92 Å². The van der Waals surface area contributed by atoms with Crippen LogP contribution in [0.1, 0.15) is 39.2 Å². The van der Waals surface area contributed by atoms with Gasteiger partial charge in [-0.25, -0.2) is 4.79 Å². The number of urea groups is 1. The SMILES string of the molecule is CCc1ccc(NC(N)=NCCCN2C(=O)NC(C)(CC)C2=O)cc1.I. The Balaban J connectivity index is 0.00000338. The van der Waals surface area contributed by atoms with Crippen molar-refractivity contribution in [1.29, 1.82) is 0 Å². The van der Waals surface area contributed by atoms with E-state index >= 15 is 0 Å². The van der Waals surface area contributed by atoms with E-state index in [0.717, 1.165) is 12.1 Å². The van der Waals surface area contributed by atoms with Crippen LogP contribution in [0.25, 0.3) is 0 Å². The Hall–Kier alpha value is -1.84. The van der Waals surface area contributed by atoms with Gasteiger partial charge in [0.2, 0.25) is 0 Å². The molecule has 0 aliphatic carbocycles. The maximum Gasteiger partial charge on any atom is 0.325 e. The molecule has 1 aliphatic heterocycles. The van der Waals surface area contributed by atoms with Crippen LogP contribution in [-0.2, 0) is 11.2 Å². The molecule has 144 valence electrons. The number of aliphatic imine (C=N–C) groups is 1. The summed E-state index contributed by atoms with van der Waals surface area (Å²) in [6.45, 7) is 6.50. The quantitative estimate of drug-likeness (QED) is 0.186. The highest BCUT2D eigenvalue weighted by Crippen LogP contribution is 2.20. The topological polar surface area (TPSA) is 99.8 Å². The first kappa shape index (κ1) is 22.2. The number of carbonyl (C=O) groups is 2. The monoisotopic (exact) mass is 473 g/mol. The van der Waals surface area contributed by atoms with Crippen molar-refractivity contribution < 1.29 is 9.59 Å². The first-order chi connectivity index (χ1) is 11.9. The summed E-state index contributed by atoms with van der Waals surface area (Å²) >= 11 is 0. The number of amides is 3. The number of hydrogen-bond acceptors (Lipinski definition) is 3. The van der Waals surface area contributed by atoms with Crippen LogP contribution >= 0.6 is 24.0 Å². The molecule has 8 heteroatoms. The van der Waals surface area contributed by atoms with Crippen LogP contribution in [0.3, 0.4) is 0 Å². The summed E-state index contributed by atoms with van der Waals surface area (Å²) in [5.41, 5.74) is 7.22. The van der Waals surface area contributed by atoms with Crippen molar-refractivity contribution in [3.05, 3.63) is 29.8 Å². The molecule has 0 spiro atoms. The van der Waals surface area contributed by atoms with E-state index in [1.807, 2.05) is 31.2 Å². The van der Waals surface area contributed by atoms with Gasteiger partial charge in [-0.1, -0.05) is 26.0 Å². The molecule has 2 rings (SSSR count). The van der Waals surface area contributed by atoms with Gasteiger partial charge >= 0.3 is 6.03 Å². The molecular formula is C18H28IN5O2. The minimum absolute atomic E-state index is 0. The molecular weight excluding hydrogens is 445 g/mol. The fourth-order valence-corrected chi connectivity index (χ4v) is 2.63. The zero-order chi connectivity index (χ0) is 18.4. The highest BCUT2D eigenvalue weighted by Gasteiger charge is 2.45. The number of nitrogens with zero attached hydrogens (tertiary/aromatic N) is 2. The van der Waals surface area contributed by atoms with Gasteiger partial charge < -0.3 is 16.4 Å². The highest BCUT2D eigenvalue weighted by molar-refractivity contribution is 14.0. The Morgan fingerprint density at radius 3 is 2.46 bits per heavy atom. The van der Waals surface area contributed by atoms with Crippen LogP contribution in [0.5, 0.6) is 0 Å². The van der Waals surface area contributed by atoms with Gasteiger partial charge in [-0.05, 0) is 43.9 Å². The van der Waals surface area contributed by atoms with Crippen molar-refractivity contribution in [1.82, 2.24) is 10.2 Å². The van der Waals surface area contributed by atoms with Crippen LogP contribution in [0, 0.1) is 0 Å². The number of carbonyl (C=O) groups excluding carboxylic acids is 2. The second kappa shape index (κ2) is 9.75. The third-order valence-corrected chi connectivity index (χ3v) is 4.51. The van der Waals surface area contributed by atoms with Gasteiger partial charge in [0.05, 0.1) is 0 Å².